The molecule has 1 rings (SSSR count). The number of aliphatic hydroxyl groups is 1. The van der Waals surface area contributed by atoms with E-state index < -0.39 is 6.61 Å². The average Bonchev–Trinajstić information content (AvgIpc) is 2.56. The predicted octanol–water partition coefficient (Wildman–Crippen LogP) is 3.39. The molecular weight excluding hydrogens is 340 g/mol. The van der Waals surface area contributed by atoms with Crippen LogP contribution in [0.2, 0.25) is 0 Å². The third-order valence-electron chi connectivity index (χ3n) is 3.79. The molecular formula is C19H31F2N3O2. The van der Waals surface area contributed by atoms with Crippen molar-refractivity contribution >= 4 is 5.96 Å². The highest BCUT2D eigenvalue weighted by Gasteiger charge is 2.11. The van der Waals surface area contributed by atoms with Crippen molar-refractivity contribution < 1.29 is 18.6 Å². The highest BCUT2D eigenvalue weighted by molar-refractivity contribution is 5.79. The van der Waals surface area contributed by atoms with E-state index >= 15 is 0 Å². The zero-order valence-corrected chi connectivity index (χ0v) is 15.8. The van der Waals surface area contributed by atoms with Gasteiger partial charge in [-0.3, -0.25) is 0 Å². The molecule has 0 aliphatic rings. The van der Waals surface area contributed by atoms with Gasteiger partial charge < -0.3 is 20.5 Å². The number of rotatable bonds is 11. The Balaban J connectivity index is 2.67. The fraction of sp³-hybridized carbons (Fsp3) is 0.632. The van der Waals surface area contributed by atoms with Gasteiger partial charge in [-0.25, -0.2) is 4.99 Å². The molecule has 0 aliphatic carbocycles. The Morgan fingerprint density at radius 1 is 1.27 bits per heavy atom. The van der Waals surface area contributed by atoms with Crippen molar-refractivity contribution in [1.82, 2.24) is 10.6 Å². The van der Waals surface area contributed by atoms with Crippen molar-refractivity contribution in [3.63, 3.8) is 0 Å². The van der Waals surface area contributed by atoms with Gasteiger partial charge in [0.25, 0.3) is 0 Å². The van der Waals surface area contributed by atoms with E-state index in [-0.39, 0.29) is 12.4 Å². The topological polar surface area (TPSA) is 65.9 Å². The number of hydrogen-bond acceptors (Lipinski definition) is 3. The van der Waals surface area contributed by atoms with Crippen molar-refractivity contribution in [3.05, 3.63) is 29.8 Å². The Hall–Kier alpha value is -1.89. The highest BCUT2D eigenvalue weighted by atomic mass is 19.3. The zero-order valence-electron chi connectivity index (χ0n) is 15.8. The van der Waals surface area contributed by atoms with Crippen LogP contribution < -0.4 is 15.4 Å². The number of alkyl halides is 2. The van der Waals surface area contributed by atoms with Gasteiger partial charge in [0.15, 0.2) is 5.96 Å². The Morgan fingerprint density at radius 3 is 2.65 bits per heavy atom. The van der Waals surface area contributed by atoms with E-state index in [1.54, 1.807) is 12.1 Å². The van der Waals surface area contributed by atoms with Crippen LogP contribution in [0.4, 0.5) is 8.78 Å². The molecule has 0 amide bonds. The normalized spacial score (nSPS) is 13.2. The molecule has 148 valence electrons. The van der Waals surface area contributed by atoms with Gasteiger partial charge in [0.1, 0.15) is 5.75 Å². The molecule has 1 aromatic rings. The summed E-state index contributed by atoms with van der Waals surface area (Å²) in [6, 6.07) is 6.54. The summed E-state index contributed by atoms with van der Waals surface area (Å²) in [6.45, 7) is 5.43. The summed E-state index contributed by atoms with van der Waals surface area (Å²) in [7, 11) is 0. The van der Waals surface area contributed by atoms with Gasteiger partial charge in [-0.1, -0.05) is 26.0 Å². The molecule has 1 unspecified atom stereocenters. The van der Waals surface area contributed by atoms with E-state index in [0.29, 0.717) is 24.3 Å². The minimum Gasteiger partial charge on any atom is -0.435 e. The maximum absolute atomic E-state index is 12.3. The van der Waals surface area contributed by atoms with Crippen LogP contribution in [0.1, 0.15) is 39.2 Å². The third-order valence-corrected chi connectivity index (χ3v) is 3.79. The Bertz CT molecular complexity index is 539. The van der Waals surface area contributed by atoms with Gasteiger partial charge in [-0.05, 0) is 49.3 Å². The first kappa shape index (κ1) is 22.2. The monoisotopic (exact) mass is 371 g/mol. The Labute approximate surface area is 154 Å². The lowest BCUT2D eigenvalue weighted by Crippen LogP contribution is -2.40. The molecule has 5 nitrogen and oxygen atoms in total. The second-order valence-electron chi connectivity index (χ2n) is 6.61. The third kappa shape index (κ3) is 9.56. The summed E-state index contributed by atoms with van der Waals surface area (Å²) >= 11 is 0. The van der Waals surface area contributed by atoms with Crippen LogP contribution in [-0.2, 0) is 6.54 Å². The molecule has 0 saturated carbocycles. The van der Waals surface area contributed by atoms with Crippen LogP contribution in [0.15, 0.2) is 29.3 Å². The summed E-state index contributed by atoms with van der Waals surface area (Å²) in [5.41, 5.74) is 0.787. The minimum atomic E-state index is -2.84. The van der Waals surface area contributed by atoms with Gasteiger partial charge in [0, 0.05) is 19.7 Å². The SMILES string of the molecule is CCNC(=NCc1cccc(OC(F)F)c1)NCC(CCO)CC(C)C. The number of nitrogens with zero attached hydrogens (tertiary/aromatic N) is 1. The standard InChI is InChI=1S/C19H31F2N3O2/c1-4-22-19(24-13-16(8-9-25)10-14(2)3)23-12-15-6-5-7-17(11-15)26-18(20)21/h5-7,11,14,16,18,25H,4,8-10,12-13H2,1-3H3,(H2,22,23,24). The van der Waals surface area contributed by atoms with Gasteiger partial charge in [-0.2, -0.15) is 8.78 Å². The van der Waals surface area contributed by atoms with Crippen LogP contribution in [0.5, 0.6) is 5.75 Å². The van der Waals surface area contributed by atoms with Crippen LogP contribution in [-0.4, -0.2) is 37.4 Å². The highest BCUT2D eigenvalue weighted by Crippen LogP contribution is 2.17. The van der Waals surface area contributed by atoms with Gasteiger partial charge in [0.2, 0.25) is 0 Å². The number of guanidine groups is 1. The quantitative estimate of drug-likeness (QED) is 0.412. The molecule has 26 heavy (non-hydrogen) atoms. The largest absolute Gasteiger partial charge is 0.435 e. The maximum atomic E-state index is 12.3. The summed E-state index contributed by atoms with van der Waals surface area (Å²) in [5.74, 6) is 1.72. The van der Waals surface area contributed by atoms with Crippen molar-refractivity contribution in [2.75, 3.05) is 19.7 Å². The molecule has 0 spiro atoms. The molecule has 0 radical (unpaired) electrons. The second-order valence-corrected chi connectivity index (χ2v) is 6.61. The Kier molecular flexibility index (Phi) is 10.6. The molecule has 0 heterocycles. The van der Waals surface area contributed by atoms with Gasteiger partial charge in [-0.15, -0.1) is 0 Å². The zero-order chi connectivity index (χ0) is 19.4. The van der Waals surface area contributed by atoms with E-state index in [1.807, 2.05) is 13.0 Å². The van der Waals surface area contributed by atoms with E-state index in [4.69, 9.17) is 0 Å². The van der Waals surface area contributed by atoms with Crippen LogP contribution in [0.25, 0.3) is 0 Å². The van der Waals surface area contributed by atoms with Crippen molar-refractivity contribution in [2.45, 2.75) is 46.8 Å². The van der Waals surface area contributed by atoms with E-state index in [0.717, 1.165) is 31.5 Å². The van der Waals surface area contributed by atoms with E-state index in [1.165, 1.54) is 6.07 Å². The fourth-order valence-corrected chi connectivity index (χ4v) is 2.73. The Morgan fingerprint density at radius 2 is 2.04 bits per heavy atom. The molecule has 1 aromatic carbocycles. The average molecular weight is 371 g/mol. The summed E-state index contributed by atoms with van der Waals surface area (Å²) < 4.78 is 29.0. The summed E-state index contributed by atoms with van der Waals surface area (Å²) in [5, 5.41) is 15.7. The van der Waals surface area contributed by atoms with Crippen LogP contribution in [0.3, 0.4) is 0 Å². The molecule has 7 heteroatoms. The van der Waals surface area contributed by atoms with E-state index in [9.17, 15) is 13.9 Å². The molecule has 1 atom stereocenters. The maximum Gasteiger partial charge on any atom is 0.387 e. The number of aliphatic imine (C=N–C) groups is 1. The number of benzene rings is 1. The van der Waals surface area contributed by atoms with Gasteiger partial charge >= 0.3 is 6.61 Å². The van der Waals surface area contributed by atoms with Crippen molar-refractivity contribution in [2.24, 2.45) is 16.8 Å². The molecule has 0 fully saturated rings. The smallest absolute Gasteiger partial charge is 0.387 e. The van der Waals surface area contributed by atoms with Crippen LogP contribution in [0, 0.1) is 11.8 Å². The first-order chi connectivity index (χ1) is 12.4. The number of hydrogen-bond donors (Lipinski definition) is 3. The fourth-order valence-electron chi connectivity index (χ4n) is 2.73. The molecule has 0 aliphatic heterocycles. The predicted molar refractivity (Wildman–Crippen MR) is 101 cm³/mol. The molecule has 0 bridgehead atoms. The first-order valence-electron chi connectivity index (χ1n) is 9.11. The molecule has 0 aromatic heterocycles. The summed E-state index contributed by atoms with van der Waals surface area (Å²) in [4.78, 5) is 4.50. The van der Waals surface area contributed by atoms with E-state index in [2.05, 4.69) is 34.2 Å². The summed E-state index contributed by atoms with van der Waals surface area (Å²) in [6.07, 6.45) is 1.78. The lowest BCUT2D eigenvalue weighted by atomic mass is 9.94. The number of ether oxygens (including phenoxy) is 1. The number of aliphatic hydroxyl groups excluding tert-OH is 1. The molecule has 0 saturated heterocycles. The lowest BCUT2D eigenvalue weighted by molar-refractivity contribution is -0.0498. The van der Waals surface area contributed by atoms with Crippen molar-refractivity contribution in [1.29, 1.82) is 0 Å². The van der Waals surface area contributed by atoms with Crippen molar-refractivity contribution in [3.8, 4) is 5.75 Å². The van der Waals surface area contributed by atoms with Crippen LogP contribution >= 0.6 is 0 Å². The number of halogens is 2. The number of nitrogens with one attached hydrogen (secondary N) is 2. The second kappa shape index (κ2) is 12.5. The lowest BCUT2D eigenvalue weighted by Gasteiger charge is -2.20. The molecule has 3 N–H and O–H groups in total. The first-order valence-corrected chi connectivity index (χ1v) is 9.11. The minimum absolute atomic E-state index is 0.130. The van der Waals surface area contributed by atoms with Gasteiger partial charge in [0.05, 0.1) is 6.54 Å².